The van der Waals surface area contributed by atoms with Gasteiger partial charge in [-0.2, -0.15) is 0 Å². The first-order valence-corrected chi connectivity index (χ1v) is 5.38. The van der Waals surface area contributed by atoms with E-state index >= 15 is 0 Å². The fraction of sp³-hybridized carbons (Fsp3) is 0.200. The van der Waals surface area contributed by atoms with Crippen molar-refractivity contribution in [3.05, 3.63) is 34.3 Å². The standard InChI is InChI=1S/C10H8Cl2N2O2/c1-2-16-10(15)7-3-6(11)9(12)8-4-13-5-14(7)8/h3-5H,2H2,1H3. The Kier molecular flexibility index (Phi) is 3.03. The Morgan fingerprint density at radius 1 is 1.56 bits per heavy atom. The third kappa shape index (κ3) is 1.74. The SMILES string of the molecule is CCOC(=O)c1cc(Cl)c(Cl)c2cncn12. The summed E-state index contributed by atoms with van der Waals surface area (Å²) in [5, 5.41) is 0.671. The van der Waals surface area contributed by atoms with Gasteiger partial charge < -0.3 is 4.74 Å². The number of carbonyl (C=O) groups is 1. The van der Waals surface area contributed by atoms with Crippen molar-refractivity contribution in [1.29, 1.82) is 0 Å². The second-order valence-electron chi connectivity index (χ2n) is 3.06. The number of aromatic nitrogens is 2. The molecule has 0 N–H and O–H groups in total. The molecule has 0 atom stereocenters. The zero-order chi connectivity index (χ0) is 11.7. The van der Waals surface area contributed by atoms with Gasteiger partial charge in [0.1, 0.15) is 5.69 Å². The van der Waals surface area contributed by atoms with Gasteiger partial charge in [-0.1, -0.05) is 23.2 Å². The van der Waals surface area contributed by atoms with Crippen LogP contribution in [0.3, 0.4) is 0 Å². The topological polar surface area (TPSA) is 43.6 Å². The van der Waals surface area contributed by atoms with E-state index in [4.69, 9.17) is 27.9 Å². The van der Waals surface area contributed by atoms with Gasteiger partial charge >= 0.3 is 5.97 Å². The van der Waals surface area contributed by atoms with E-state index in [0.29, 0.717) is 27.9 Å². The van der Waals surface area contributed by atoms with Gasteiger partial charge in [0.25, 0.3) is 0 Å². The first-order chi connectivity index (χ1) is 7.65. The lowest BCUT2D eigenvalue weighted by Gasteiger charge is -2.07. The number of hydrogen-bond donors (Lipinski definition) is 0. The van der Waals surface area contributed by atoms with Crippen LogP contribution in [0.4, 0.5) is 0 Å². The highest BCUT2D eigenvalue weighted by Crippen LogP contribution is 2.28. The Labute approximate surface area is 102 Å². The van der Waals surface area contributed by atoms with E-state index in [-0.39, 0.29) is 0 Å². The summed E-state index contributed by atoms with van der Waals surface area (Å²) in [6, 6.07) is 1.47. The second-order valence-corrected chi connectivity index (χ2v) is 3.85. The Bertz CT molecular complexity index is 551. The van der Waals surface area contributed by atoms with Gasteiger partial charge in [-0.25, -0.2) is 9.78 Å². The molecule has 84 valence electrons. The smallest absolute Gasteiger partial charge is 0.355 e. The Balaban J connectivity index is 2.65. The highest BCUT2D eigenvalue weighted by molar-refractivity contribution is 6.44. The predicted octanol–water partition coefficient (Wildman–Crippen LogP) is 2.82. The van der Waals surface area contributed by atoms with Crippen molar-refractivity contribution in [2.45, 2.75) is 6.92 Å². The maximum Gasteiger partial charge on any atom is 0.355 e. The van der Waals surface area contributed by atoms with Crippen LogP contribution in [0.1, 0.15) is 17.4 Å². The Morgan fingerprint density at radius 2 is 2.31 bits per heavy atom. The lowest BCUT2D eigenvalue weighted by Crippen LogP contribution is -2.10. The van der Waals surface area contributed by atoms with Crippen LogP contribution < -0.4 is 0 Å². The first-order valence-electron chi connectivity index (χ1n) is 4.62. The summed E-state index contributed by atoms with van der Waals surface area (Å²) in [6.07, 6.45) is 3.03. The fourth-order valence-corrected chi connectivity index (χ4v) is 1.78. The zero-order valence-corrected chi connectivity index (χ0v) is 9.92. The second kappa shape index (κ2) is 4.31. The molecule has 0 aliphatic heterocycles. The van der Waals surface area contributed by atoms with Crippen molar-refractivity contribution in [3.8, 4) is 0 Å². The number of fused-ring (bicyclic) bond motifs is 1. The summed E-state index contributed by atoms with van der Waals surface area (Å²) in [6.45, 7) is 2.04. The Morgan fingerprint density at radius 3 is 3.00 bits per heavy atom. The molecule has 0 unspecified atom stereocenters. The average Bonchev–Trinajstić information content (AvgIpc) is 2.72. The molecular formula is C10H8Cl2N2O2. The van der Waals surface area contributed by atoms with Crippen LogP contribution >= 0.6 is 23.2 Å². The van der Waals surface area contributed by atoms with E-state index in [1.807, 2.05) is 0 Å². The van der Waals surface area contributed by atoms with Crippen LogP contribution in [0, 0.1) is 0 Å². The van der Waals surface area contributed by atoms with Crippen LogP contribution in [0.2, 0.25) is 10.0 Å². The molecule has 2 aromatic rings. The average molecular weight is 259 g/mol. The first kappa shape index (κ1) is 11.2. The van der Waals surface area contributed by atoms with Crippen molar-refractivity contribution in [3.63, 3.8) is 0 Å². The summed E-state index contributed by atoms with van der Waals surface area (Å²) < 4.78 is 6.46. The molecule has 2 aromatic heterocycles. The quantitative estimate of drug-likeness (QED) is 0.779. The summed E-state index contributed by atoms with van der Waals surface area (Å²) in [7, 11) is 0. The molecule has 2 heterocycles. The van der Waals surface area contributed by atoms with Crippen molar-refractivity contribution in [2.75, 3.05) is 6.61 Å². The van der Waals surface area contributed by atoms with Crippen LogP contribution in [-0.2, 0) is 4.74 Å². The van der Waals surface area contributed by atoms with Crippen LogP contribution in [0.15, 0.2) is 18.6 Å². The molecule has 2 rings (SSSR count). The molecule has 0 aliphatic rings. The number of nitrogens with zero attached hydrogens (tertiary/aromatic N) is 2. The molecule has 0 radical (unpaired) electrons. The number of halogens is 2. The monoisotopic (exact) mass is 258 g/mol. The summed E-state index contributed by atoms with van der Waals surface area (Å²) >= 11 is 11.9. The lowest BCUT2D eigenvalue weighted by atomic mass is 10.3. The van der Waals surface area contributed by atoms with Crippen molar-refractivity contribution in [1.82, 2.24) is 9.38 Å². The Hall–Kier alpha value is -1.26. The number of pyridine rings is 1. The van der Waals surface area contributed by atoms with Crippen molar-refractivity contribution >= 4 is 34.7 Å². The normalized spacial score (nSPS) is 10.7. The molecule has 0 amide bonds. The largest absolute Gasteiger partial charge is 0.461 e. The third-order valence-corrected chi connectivity index (χ3v) is 2.87. The van der Waals surface area contributed by atoms with Gasteiger partial charge in [-0.3, -0.25) is 4.40 Å². The number of imidazole rings is 1. The molecule has 0 saturated heterocycles. The van der Waals surface area contributed by atoms with Gasteiger partial charge in [0, 0.05) is 0 Å². The molecular weight excluding hydrogens is 251 g/mol. The number of esters is 1. The third-order valence-electron chi connectivity index (χ3n) is 2.08. The van der Waals surface area contributed by atoms with E-state index in [2.05, 4.69) is 4.98 Å². The van der Waals surface area contributed by atoms with Gasteiger partial charge in [-0.15, -0.1) is 0 Å². The summed E-state index contributed by atoms with van der Waals surface area (Å²) in [5.41, 5.74) is 0.890. The summed E-state index contributed by atoms with van der Waals surface area (Å²) in [4.78, 5) is 15.6. The molecule has 4 nitrogen and oxygen atoms in total. The van der Waals surface area contributed by atoms with E-state index < -0.39 is 5.97 Å². The maximum atomic E-state index is 11.6. The minimum atomic E-state index is -0.455. The van der Waals surface area contributed by atoms with Crippen molar-refractivity contribution in [2.24, 2.45) is 0 Å². The molecule has 0 aromatic carbocycles. The molecule has 16 heavy (non-hydrogen) atoms. The fourth-order valence-electron chi connectivity index (χ4n) is 1.39. The van der Waals surface area contributed by atoms with E-state index in [0.717, 1.165) is 0 Å². The molecule has 0 fully saturated rings. The minimum absolute atomic E-state index is 0.301. The van der Waals surface area contributed by atoms with Crippen LogP contribution in [0.5, 0.6) is 0 Å². The van der Waals surface area contributed by atoms with Gasteiger partial charge in [0.2, 0.25) is 0 Å². The van der Waals surface area contributed by atoms with Crippen LogP contribution in [0.25, 0.3) is 5.52 Å². The molecule has 6 heteroatoms. The molecule has 0 bridgehead atoms. The highest BCUT2D eigenvalue weighted by atomic mass is 35.5. The van der Waals surface area contributed by atoms with E-state index in [1.165, 1.54) is 18.6 Å². The van der Waals surface area contributed by atoms with E-state index in [1.54, 1.807) is 11.3 Å². The highest BCUT2D eigenvalue weighted by Gasteiger charge is 2.15. The molecule has 0 saturated carbocycles. The van der Waals surface area contributed by atoms with Gasteiger partial charge in [0.15, 0.2) is 0 Å². The number of rotatable bonds is 2. The number of hydrogen-bond acceptors (Lipinski definition) is 3. The van der Waals surface area contributed by atoms with E-state index in [9.17, 15) is 4.79 Å². The van der Waals surface area contributed by atoms with Gasteiger partial charge in [0.05, 0.1) is 34.7 Å². The molecule has 0 aliphatic carbocycles. The number of carbonyl (C=O) groups excluding carboxylic acids is 1. The lowest BCUT2D eigenvalue weighted by molar-refractivity contribution is 0.0517. The van der Waals surface area contributed by atoms with Crippen LogP contribution in [-0.4, -0.2) is 22.0 Å². The predicted molar refractivity (Wildman–Crippen MR) is 61.2 cm³/mol. The van der Waals surface area contributed by atoms with Gasteiger partial charge in [-0.05, 0) is 13.0 Å². The maximum absolute atomic E-state index is 11.6. The zero-order valence-electron chi connectivity index (χ0n) is 8.41. The minimum Gasteiger partial charge on any atom is -0.461 e. The number of ether oxygens (including phenoxy) is 1. The summed E-state index contributed by atoms with van der Waals surface area (Å²) in [5.74, 6) is -0.455. The molecule has 0 spiro atoms. The van der Waals surface area contributed by atoms with Crippen molar-refractivity contribution < 1.29 is 9.53 Å².